The number of carbonyl (C=O) groups excluding carboxylic acids is 1. The predicted octanol–water partition coefficient (Wildman–Crippen LogP) is 5.47. The van der Waals surface area contributed by atoms with Gasteiger partial charge in [-0.1, -0.05) is 23.7 Å². The fourth-order valence-corrected chi connectivity index (χ4v) is 3.10. The molecule has 0 unspecified atom stereocenters. The Bertz CT molecular complexity index is 1150. The van der Waals surface area contributed by atoms with Crippen LogP contribution in [-0.4, -0.2) is 25.0 Å². The molecule has 140 valence electrons. The summed E-state index contributed by atoms with van der Waals surface area (Å²) in [7, 11) is 3.99. The summed E-state index contributed by atoms with van der Waals surface area (Å²) >= 11 is 6.09. The number of hydrogen-bond acceptors (Lipinski definition) is 4. The largest absolute Gasteiger partial charge is 0.436 e. The number of fused-ring (bicyclic) bond motifs is 1. The Labute approximate surface area is 167 Å². The quantitative estimate of drug-likeness (QED) is 0.501. The summed E-state index contributed by atoms with van der Waals surface area (Å²) < 4.78 is 5.86. The van der Waals surface area contributed by atoms with Gasteiger partial charge in [0.15, 0.2) is 5.58 Å². The maximum Gasteiger partial charge on any atom is 0.257 e. The number of nitrogens with zero attached hydrogens (tertiary/aromatic N) is 2. The van der Waals surface area contributed by atoms with Crippen LogP contribution >= 0.6 is 11.6 Å². The molecule has 4 aromatic rings. The van der Waals surface area contributed by atoms with Crippen molar-refractivity contribution < 1.29 is 9.21 Å². The number of carbonyl (C=O) groups is 1. The minimum absolute atomic E-state index is 0.270. The molecule has 1 aromatic heterocycles. The van der Waals surface area contributed by atoms with Crippen LogP contribution < -0.4 is 10.2 Å². The number of amides is 1. The highest BCUT2D eigenvalue weighted by Gasteiger charge is 2.12. The molecule has 1 heterocycles. The van der Waals surface area contributed by atoms with Gasteiger partial charge in [-0.25, -0.2) is 4.98 Å². The number of nitrogens with one attached hydrogen (secondary N) is 1. The number of hydrogen-bond donors (Lipinski definition) is 1. The van der Waals surface area contributed by atoms with E-state index in [-0.39, 0.29) is 5.91 Å². The second kappa shape index (κ2) is 7.37. The van der Waals surface area contributed by atoms with Crippen LogP contribution in [0.5, 0.6) is 0 Å². The molecular weight excluding hydrogens is 374 g/mol. The molecule has 0 aliphatic heterocycles. The molecule has 0 aliphatic rings. The molecule has 0 saturated heterocycles. The van der Waals surface area contributed by atoms with Crippen molar-refractivity contribution in [2.75, 3.05) is 24.3 Å². The summed E-state index contributed by atoms with van der Waals surface area (Å²) in [6.45, 7) is 0. The van der Waals surface area contributed by atoms with Crippen LogP contribution in [0.25, 0.3) is 22.6 Å². The molecule has 1 amide bonds. The maximum absolute atomic E-state index is 12.4. The van der Waals surface area contributed by atoms with Gasteiger partial charge >= 0.3 is 0 Å². The Morgan fingerprint density at radius 2 is 1.79 bits per heavy atom. The van der Waals surface area contributed by atoms with E-state index in [0.717, 1.165) is 11.3 Å². The molecule has 5 nitrogen and oxygen atoms in total. The monoisotopic (exact) mass is 391 g/mol. The Kier molecular flexibility index (Phi) is 4.75. The van der Waals surface area contributed by atoms with Crippen LogP contribution in [0.15, 0.2) is 71.1 Å². The fraction of sp³-hybridized carbons (Fsp3) is 0.0909. The Hall–Kier alpha value is -3.31. The molecule has 0 aliphatic carbocycles. The van der Waals surface area contributed by atoms with E-state index in [1.54, 1.807) is 42.5 Å². The van der Waals surface area contributed by atoms with E-state index in [1.165, 1.54) is 0 Å². The zero-order valence-electron chi connectivity index (χ0n) is 15.4. The molecule has 0 bridgehead atoms. The predicted molar refractivity (Wildman–Crippen MR) is 113 cm³/mol. The van der Waals surface area contributed by atoms with Gasteiger partial charge in [0.1, 0.15) is 5.52 Å². The van der Waals surface area contributed by atoms with E-state index in [1.807, 2.05) is 43.3 Å². The molecule has 0 spiro atoms. The van der Waals surface area contributed by atoms with Crippen LogP contribution in [0, 0.1) is 0 Å². The van der Waals surface area contributed by atoms with Crippen LogP contribution in [-0.2, 0) is 0 Å². The smallest absolute Gasteiger partial charge is 0.257 e. The van der Waals surface area contributed by atoms with Crippen LogP contribution in [0.3, 0.4) is 0 Å². The van der Waals surface area contributed by atoms with Gasteiger partial charge in [0.05, 0.1) is 10.6 Å². The lowest BCUT2D eigenvalue weighted by Gasteiger charge is -2.11. The number of halogens is 1. The van der Waals surface area contributed by atoms with Gasteiger partial charge in [-0.3, -0.25) is 4.79 Å². The number of anilines is 2. The van der Waals surface area contributed by atoms with Gasteiger partial charge in [-0.2, -0.15) is 0 Å². The maximum atomic E-state index is 12.4. The summed E-state index contributed by atoms with van der Waals surface area (Å²) in [4.78, 5) is 19.0. The number of aromatic nitrogens is 1. The van der Waals surface area contributed by atoms with Gasteiger partial charge in [0.2, 0.25) is 5.89 Å². The van der Waals surface area contributed by atoms with Crippen molar-refractivity contribution in [1.82, 2.24) is 4.98 Å². The zero-order chi connectivity index (χ0) is 19.7. The lowest BCUT2D eigenvalue weighted by molar-refractivity contribution is 0.102. The van der Waals surface area contributed by atoms with Crippen molar-refractivity contribution in [2.45, 2.75) is 0 Å². The van der Waals surface area contributed by atoms with Crippen molar-refractivity contribution in [2.24, 2.45) is 0 Å². The summed E-state index contributed by atoms with van der Waals surface area (Å²) in [5, 5.41) is 3.26. The van der Waals surface area contributed by atoms with E-state index in [9.17, 15) is 4.79 Å². The first-order valence-electron chi connectivity index (χ1n) is 8.75. The Morgan fingerprint density at radius 3 is 2.50 bits per heavy atom. The summed E-state index contributed by atoms with van der Waals surface area (Å²) in [5.74, 6) is 0.267. The molecule has 6 heteroatoms. The van der Waals surface area contributed by atoms with Crippen molar-refractivity contribution in [1.29, 1.82) is 0 Å². The SMILES string of the molecule is CN(C)c1ccc(-c2nc3cc(NC(=O)c4ccccc4Cl)ccc3o2)cc1. The van der Waals surface area contributed by atoms with Crippen molar-refractivity contribution in [3.8, 4) is 11.5 Å². The zero-order valence-corrected chi connectivity index (χ0v) is 16.2. The molecule has 0 saturated carbocycles. The van der Waals surface area contributed by atoms with E-state index in [4.69, 9.17) is 16.0 Å². The first-order valence-corrected chi connectivity index (χ1v) is 9.13. The third-order valence-electron chi connectivity index (χ3n) is 4.39. The highest BCUT2D eigenvalue weighted by atomic mass is 35.5. The lowest BCUT2D eigenvalue weighted by atomic mass is 10.2. The van der Waals surface area contributed by atoms with Gasteiger partial charge in [0.25, 0.3) is 5.91 Å². The molecular formula is C22H18ClN3O2. The van der Waals surface area contributed by atoms with Crippen LogP contribution in [0.1, 0.15) is 10.4 Å². The first kappa shape index (κ1) is 18.1. The van der Waals surface area contributed by atoms with Crippen molar-refractivity contribution in [3.05, 3.63) is 77.3 Å². The third kappa shape index (κ3) is 3.57. The molecule has 3 aromatic carbocycles. The molecule has 28 heavy (non-hydrogen) atoms. The van der Waals surface area contributed by atoms with E-state index in [0.29, 0.717) is 33.3 Å². The molecule has 0 atom stereocenters. The minimum atomic E-state index is -0.270. The van der Waals surface area contributed by atoms with Crippen molar-refractivity contribution >= 4 is 40.0 Å². The second-order valence-corrected chi connectivity index (χ2v) is 6.98. The number of benzene rings is 3. The molecule has 1 N–H and O–H groups in total. The van der Waals surface area contributed by atoms with Gasteiger partial charge in [-0.05, 0) is 54.6 Å². The van der Waals surface area contributed by atoms with Crippen LogP contribution in [0.4, 0.5) is 11.4 Å². The van der Waals surface area contributed by atoms with Gasteiger partial charge in [-0.15, -0.1) is 0 Å². The minimum Gasteiger partial charge on any atom is -0.436 e. The highest BCUT2D eigenvalue weighted by Crippen LogP contribution is 2.28. The first-order chi connectivity index (χ1) is 13.5. The number of oxazole rings is 1. The van der Waals surface area contributed by atoms with Crippen LogP contribution in [0.2, 0.25) is 5.02 Å². The van der Waals surface area contributed by atoms with Crippen molar-refractivity contribution in [3.63, 3.8) is 0 Å². The Balaban J connectivity index is 1.60. The van der Waals surface area contributed by atoms with E-state index >= 15 is 0 Å². The third-order valence-corrected chi connectivity index (χ3v) is 4.72. The standard InChI is InChI=1S/C22H18ClN3O2/c1-26(2)16-10-7-14(8-11-16)22-25-19-13-15(9-12-20(19)28-22)24-21(27)17-5-3-4-6-18(17)23/h3-13H,1-2H3,(H,24,27). The molecule has 0 radical (unpaired) electrons. The molecule has 0 fully saturated rings. The summed E-state index contributed by atoms with van der Waals surface area (Å²) in [5.41, 5.74) is 4.37. The Morgan fingerprint density at radius 1 is 1.04 bits per heavy atom. The van der Waals surface area contributed by atoms with E-state index < -0.39 is 0 Å². The highest BCUT2D eigenvalue weighted by molar-refractivity contribution is 6.34. The molecule has 4 rings (SSSR count). The van der Waals surface area contributed by atoms with Gasteiger partial charge < -0.3 is 14.6 Å². The van der Waals surface area contributed by atoms with Gasteiger partial charge in [0, 0.05) is 31.0 Å². The topological polar surface area (TPSA) is 58.4 Å². The summed E-state index contributed by atoms with van der Waals surface area (Å²) in [6.07, 6.45) is 0. The fourth-order valence-electron chi connectivity index (χ4n) is 2.87. The second-order valence-electron chi connectivity index (χ2n) is 6.58. The summed E-state index contributed by atoms with van der Waals surface area (Å²) in [6, 6.07) is 20.3. The number of rotatable bonds is 4. The average Bonchev–Trinajstić information content (AvgIpc) is 3.11. The average molecular weight is 392 g/mol. The normalized spacial score (nSPS) is 10.8. The van der Waals surface area contributed by atoms with E-state index in [2.05, 4.69) is 10.3 Å². The lowest BCUT2D eigenvalue weighted by Crippen LogP contribution is -2.12.